The number of benzene rings is 2. The van der Waals surface area contributed by atoms with E-state index in [1.165, 1.54) is 11.6 Å². The van der Waals surface area contributed by atoms with E-state index in [4.69, 9.17) is 0 Å². The molecule has 0 fully saturated rings. The van der Waals surface area contributed by atoms with E-state index in [0.717, 1.165) is 24.1 Å². The van der Waals surface area contributed by atoms with Gasteiger partial charge in [-0.15, -0.1) is 0 Å². The second-order valence-electron chi connectivity index (χ2n) is 5.03. The fourth-order valence-electron chi connectivity index (χ4n) is 2.69. The minimum absolute atomic E-state index is 0.101. The van der Waals surface area contributed by atoms with Gasteiger partial charge in [0.15, 0.2) is 11.6 Å². The summed E-state index contributed by atoms with van der Waals surface area (Å²) in [5, 5.41) is 10.2. The van der Waals surface area contributed by atoms with Crippen LogP contribution in [0, 0.1) is 11.6 Å². The summed E-state index contributed by atoms with van der Waals surface area (Å²) in [4.78, 5) is 0. The van der Waals surface area contributed by atoms with E-state index in [1.54, 1.807) is 0 Å². The van der Waals surface area contributed by atoms with Gasteiger partial charge in [-0.2, -0.15) is 0 Å². The monoisotopic (exact) mass is 260 g/mol. The van der Waals surface area contributed by atoms with Crippen molar-refractivity contribution in [1.82, 2.24) is 0 Å². The molecule has 0 heterocycles. The standard InChI is InChI=1S/C16H14F2O/c17-14-6-5-10(7-15(14)18)8-16(19)13-9-11-3-1-2-4-12(11)13/h1-7,13,16,19H,8-9H2. The van der Waals surface area contributed by atoms with Crippen LogP contribution < -0.4 is 0 Å². The average molecular weight is 260 g/mol. The van der Waals surface area contributed by atoms with Crippen LogP contribution in [0.5, 0.6) is 0 Å². The molecule has 2 aromatic carbocycles. The predicted molar refractivity (Wildman–Crippen MR) is 69.0 cm³/mol. The van der Waals surface area contributed by atoms with Crippen LogP contribution in [0.4, 0.5) is 8.78 Å². The van der Waals surface area contributed by atoms with Gasteiger partial charge in [0.25, 0.3) is 0 Å². The highest BCUT2D eigenvalue weighted by Gasteiger charge is 2.31. The first-order chi connectivity index (χ1) is 9.15. The topological polar surface area (TPSA) is 20.2 Å². The first-order valence-corrected chi connectivity index (χ1v) is 6.35. The molecule has 1 aliphatic carbocycles. The van der Waals surface area contributed by atoms with Crippen LogP contribution >= 0.6 is 0 Å². The van der Waals surface area contributed by atoms with E-state index in [9.17, 15) is 13.9 Å². The SMILES string of the molecule is OC(Cc1ccc(F)c(F)c1)C1Cc2ccccc21. The number of rotatable bonds is 3. The molecule has 1 nitrogen and oxygen atoms in total. The molecule has 3 heteroatoms. The van der Waals surface area contributed by atoms with E-state index >= 15 is 0 Å². The number of fused-ring (bicyclic) bond motifs is 1. The van der Waals surface area contributed by atoms with Crippen molar-refractivity contribution >= 4 is 0 Å². The Balaban J connectivity index is 1.73. The first kappa shape index (κ1) is 12.3. The normalized spacial score (nSPS) is 18.6. The van der Waals surface area contributed by atoms with Crippen LogP contribution in [-0.4, -0.2) is 11.2 Å². The summed E-state index contributed by atoms with van der Waals surface area (Å²) < 4.78 is 25.9. The summed E-state index contributed by atoms with van der Waals surface area (Å²) in [5.41, 5.74) is 3.05. The van der Waals surface area contributed by atoms with Crippen molar-refractivity contribution in [1.29, 1.82) is 0 Å². The molecule has 19 heavy (non-hydrogen) atoms. The summed E-state index contributed by atoms with van der Waals surface area (Å²) in [6, 6.07) is 11.8. The highest BCUT2D eigenvalue weighted by atomic mass is 19.2. The largest absolute Gasteiger partial charge is 0.392 e. The third-order valence-electron chi connectivity index (χ3n) is 3.79. The van der Waals surface area contributed by atoms with Gasteiger partial charge in [-0.05, 0) is 41.7 Å². The number of aliphatic hydroxyl groups excluding tert-OH is 1. The summed E-state index contributed by atoms with van der Waals surface area (Å²) in [6.45, 7) is 0. The van der Waals surface area contributed by atoms with E-state index in [1.807, 2.05) is 18.2 Å². The maximum absolute atomic E-state index is 13.1. The minimum Gasteiger partial charge on any atom is -0.392 e. The molecule has 1 N–H and O–H groups in total. The van der Waals surface area contributed by atoms with Gasteiger partial charge < -0.3 is 5.11 Å². The van der Waals surface area contributed by atoms with Gasteiger partial charge in [0.05, 0.1) is 6.10 Å². The van der Waals surface area contributed by atoms with E-state index < -0.39 is 17.7 Å². The highest BCUT2D eigenvalue weighted by Crippen LogP contribution is 2.38. The zero-order chi connectivity index (χ0) is 13.4. The van der Waals surface area contributed by atoms with E-state index in [0.29, 0.717) is 12.0 Å². The minimum atomic E-state index is -0.862. The van der Waals surface area contributed by atoms with Crippen molar-refractivity contribution in [2.24, 2.45) is 0 Å². The molecule has 0 saturated heterocycles. The van der Waals surface area contributed by atoms with E-state index in [2.05, 4.69) is 6.07 Å². The third-order valence-corrected chi connectivity index (χ3v) is 3.79. The van der Waals surface area contributed by atoms with Crippen molar-refractivity contribution in [2.75, 3.05) is 0 Å². The quantitative estimate of drug-likeness (QED) is 0.898. The molecule has 0 spiro atoms. The number of aliphatic hydroxyl groups is 1. The number of halogens is 2. The Morgan fingerprint density at radius 3 is 2.63 bits per heavy atom. The molecule has 0 amide bonds. The molecule has 0 saturated carbocycles. The molecule has 0 aromatic heterocycles. The van der Waals surface area contributed by atoms with Crippen LogP contribution in [0.3, 0.4) is 0 Å². The Bertz CT molecular complexity index is 609. The zero-order valence-corrected chi connectivity index (χ0v) is 10.3. The Morgan fingerprint density at radius 2 is 1.89 bits per heavy atom. The predicted octanol–water partition coefficient (Wildman–Crippen LogP) is 3.21. The van der Waals surface area contributed by atoms with Gasteiger partial charge in [-0.25, -0.2) is 8.78 Å². The Labute approximate surface area is 110 Å². The molecule has 0 aliphatic heterocycles. The summed E-state index contributed by atoms with van der Waals surface area (Å²) in [5.74, 6) is -1.62. The summed E-state index contributed by atoms with van der Waals surface area (Å²) in [6.07, 6.45) is 0.636. The third kappa shape index (κ3) is 2.26. The van der Waals surface area contributed by atoms with Crippen molar-refractivity contribution in [3.8, 4) is 0 Å². The lowest BCUT2D eigenvalue weighted by Gasteiger charge is -2.34. The van der Waals surface area contributed by atoms with Gasteiger partial charge in [0.1, 0.15) is 0 Å². The average Bonchev–Trinajstić information content (AvgIpc) is 2.35. The molecule has 2 unspecified atom stereocenters. The van der Waals surface area contributed by atoms with Crippen molar-refractivity contribution in [3.63, 3.8) is 0 Å². The number of hydrogen-bond acceptors (Lipinski definition) is 1. The van der Waals surface area contributed by atoms with Gasteiger partial charge in [-0.3, -0.25) is 0 Å². The second-order valence-corrected chi connectivity index (χ2v) is 5.03. The molecule has 0 radical (unpaired) electrons. The van der Waals surface area contributed by atoms with E-state index in [-0.39, 0.29) is 5.92 Å². The van der Waals surface area contributed by atoms with Gasteiger partial charge in [0.2, 0.25) is 0 Å². The lowest BCUT2D eigenvalue weighted by Crippen LogP contribution is -2.30. The molecule has 98 valence electrons. The van der Waals surface area contributed by atoms with Gasteiger partial charge in [-0.1, -0.05) is 30.3 Å². The molecule has 3 rings (SSSR count). The van der Waals surface area contributed by atoms with Gasteiger partial charge in [0, 0.05) is 5.92 Å². The van der Waals surface area contributed by atoms with Crippen LogP contribution in [0.2, 0.25) is 0 Å². The Kier molecular flexibility index (Phi) is 3.07. The molecule has 2 aromatic rings. The van der Waals surface area contributed by atoms with Crippen molar-refractivity contribution in [2.45, 2.75) is 24.9 Å². The van der Waals surface area contributed by atoms with Crippen LogP contribution in [0.1, 0.15) is 22.6 Å². The Morgan fingerprint density at radius 1 is 1.11 bits per heavy atom. The molecular formula is C16H14F2O. The van der Waals surface area contributed by atoms with Crippen LogP contribution in [0.25, 0.3) is 0 Å². The molecule has 2 atom stereocenters. The Hall–Kier alpha value is -1.74. The summed E-state index contributed by atoms with van der Waals surface area (Å²) >= 11 is 0. The maximum atomic E-state index is 13.1. The second kappa shape index (κ2) is 4.74. The number of hydrogen-bond donors (Lipinski definition) is 1. The van der Waals surface area contributed by atoms with Crippen LogP contribution in [0.15, 0.2) is 42.5 Å². The molecule has 1 aliphatic rings. The maximum Gasteiger partial charge on any atom is 0.159 e. The lowest BCUT2D eigenvalue weighted by atomic mass is 9.73. The smallest absolute Gasteiger partial charge is 0.159 e. The van der Waals surface area contributed by atoms with Crippen molar-refractivity contribution < 1.29 is 13.9 Å². The lowest BCUT2D eigenvalue weighted by molar-refractivity contribution is 0.133. The fraction of sp³-hybridized carbons (Fsp3) is 0.250. The molecule has 0 bridgehead atoms. The molecular weight excluding hydrogens is 246 g/mol. The van der Waals surface area contributed by atoms with Gasteiger partial charge >= 0.3 is 0 Å². The summed E-state index contributed by atoms with van der Waals surface area (Å²) in [7, 11) is 0. The zero-order valence-electron chi connectivity index (χ0n) is 10.3. The van der Waals surface area contributed by atoms with Crippen molar-refractivity contribution in [3.05, 3.63) is 70.8 Å². The fourth-order valence-corrected chi connectivity index (χ4v) is 2.69. The first-order valence-electron chi connectivity index (χ1n) is 6.35. The highest BCUT2D eigenvalue weighted by molar-refractivity contribution is 5.41. The van der Waals surface area contributed by atoms with Crippen LogP contribution in [-0.2, 0) is 12.8 Å².